The third kappa shape index (κ3) is 3.67. The predicted molar refractivity (Wildman–Crippen MR) is 98.6 cm³/mol. The van der Waals surface area contributed by atoms with Gasteiger partial charge in [0.1, 0.15) is 5.69 Å². The fraction of sp³-hybridized carbons (Fsp3) is 0.474. The van der Waals surface area contributed by atoms with E-state index in [0.717, 1.165) is 22.8 Å². The van der Waals surface area contributed by atoms with Gasteiger partial charge < -0.3 is 19.7 Å². The van der Waals surface area contributed by atoms with E-state index >= 15 is 0 Å². The summed E-state index contributed by atoms with van der Waals surface area (Å²) in [6.07, 6.45) is 0. The molecule has 1 aliphatic rings. The molecular weight excluding hydrogens is 332 g/mol. The van der Waals surface area contributed by atoms with Crippen molar-refractivity contribution in [3.8, 4) is 11.5 Å². The number of hydrogen-bond donors (Lipinski definition) is 1. The maximum atomic E-state index is 12.6. The lowest BCUT2D eigenvalue weighted by molar-refractivity contribution is 0.0932. The Labute approximate surface area is 153 Å². The van der Waals surface area contributed by atoms with Crippen LogP contribution in [0.3, 0.4) is 0 Å². The van der Waals surface area contributed by atoms with Gasteiger partial charge in [0.25, 0.3) is 5.91 Å². The Morgan fingerprint density at radius 2 is 2.00 bits per heavy atom. The first-order chi connectivity index (χ1) is 12.4. The number of rotatable bonds is 6. The Bertz CT molecular complexity index is 798. The lowest BCUT2D eigenvalue weighted by Crippen LogP contribution is -2.35. The summed E-state index contributed by atoms with van der Waals surface area (Å²) in [6.45, 7) is 4.85. The molecule has 0 aliphatic carbocycles. The van der Waals surface area contributed by atoms with E-state index in [1.54, 1.807) is 11.7 Å². The molecule has 1 amide bonds. The molecule has 2 heterocycles. The molecule has 3 rings (SSSR count). The van der Waals surface area contributed by atoms with Crippen molar-refractivity contribution in [1.29, 1.82) is 0 Å². The van der Waals surface area contributed by atoms with Gasteiger partial charge in [-0.1, -0.05) is 19.9 Å². The number of amides is 1. The van der Waals surface area contributed by atoms with E-state index in [1.807, 2.05) is 38.4 Å². The Morgan fingerprint density at radius 1 is 1.27 bits per heavy atom. The number of nitrogens with one attached hydrogen (secondary N) is 1. The Kier molecular flexibility index (Phi) is 5.18. The summed E-state index contributed by atoms with van der Waals surface area (Å²) in [5.74, 6) is 1.66. The molecule has 1 aromatic heterocycles. The molecule has 26 heavy (non-hydrogen) atoms. The molecule has 0 spiro atoms. The monoisotopic (exact) mass is 358 g/mol. The van der Waals surface area contributed by atoms with E-state index in [1.165, 1.54) is 0 Å². The Balaban J connectivity index is 1.72. The zero-order chi connectivity index (χ0) is 18.8. The van der Waals surface area contributed by atoms with E-state index < -0.39 is 0 Å². The quantitative estimate of drug-likeness (QED) is 0.858. The van der Waals surface area contributed by atoms with Gasteiger partial charge >= 0.3 is 0 Å². The SMILES string of the molecule is CC(C)c1cc(C(=O)NCC(c2ccc3c(c2)OCO3)N(C)C)n(C)n1. The molecule has 1 unspecified atom stereocenters. The number of ether oxygens (including phenoxy) is 2. The number of nitrogens with zero attached hydrogens (tertiary/aromatic N) is 3. The highest BCUT2D eigenvalue weighted by atomic mass is 16.7. The van der Waals surface area contributed by atoms with Gasteiger partial charge in [-0.3, -0.25) is 9.48 Å². The average molecular weight is 358 g/mol. The molecule has 0 fully saturated rings. The van der Waals surface area contributed by atoms with Crippen LogP contribution in [0.15, 0.2) is 24.3 Å². The van der Waals surface area contributed by atoms with Crippen LogP contribution < -0.4 is 14.8 Å². The van der Waals surface area contributed by atoms with Crippen LogP contribution in [0.5, 0.6) is 11.5 Å². The molecule has 2 aromatic rings. The van der Waals surface area contributed by atoms with Crippen molar-refractivity contribution in [2.45, 2.75) is 25.8 Å². The smallest absolute Gasteiger partial charge is 0.269 e. The largest absolute Gasteiger partial charge is 0.454 e. The van der Waals surface area contributed by atoms with Gasteiger partial charge in [-0.25, -0.2) is 0 Å². The maximum Gasteiger partial charge on any atom is 0.269 e. The van der Waals surface area contributed by atoms with E-state index in [2.05, 4.69) is 29.2 Å². The van der Waals surface area contributed by atoms with Crippen molar-refractivity contribution in [3.05, 3.63) is 41.2 Å². The first-order valence-corrected chi connectivity index (χ1v) is 8.75. The molecule has 1 aromatic carbocycles. The van der Waals surface area contributed by atoms with Crippen molar-refractivity contribution in [1.82, 2.24) is 20.0 Å². The van der Waals surface area contributed by atoms with Crippen LogP contribution >= 0.6 is 0 Å². The molecule has 1 atom stereocenters. The highest BCUT2D eigenvalue weighted by molar-refractivity contribution is 5.92. The summed E-state index contributed by atoms with van der Waals surface area (Å²) < 4.78 is 12.5. The van der Waals surface area contributed by atoms with Crippen molar-refractivity contribution < 1.29 is 14.3 Å². The van der Waals surface area contributed by atoms with Gasteiger partial charge in [-0.15, -0.1) is 0 Å². The number of benzene rings is 1. The molecule has 7 heteroatoms. The van der Waals surface area contributed by atoms with Crippen molar-refractivity contribution in [2.75, 3.05) is 27.4 Å². The number of aromatic nitrogens is 2. The average Bonchev–Trinajstić information content (AvgIpc) is 3.20. The number of likely N-dealkylation sites (N-methyl/N-ethyl adjacent to an activating group) is 1. The number of aryl methyl sites for hydroxylation is 1. The van der Waals surface area contributed by atoms with E-state index in [4.69, 9.17) is 9.47 Å². The lowest BCUT2D eigenvalue weighted by atomic mass is 10.0. The maximum absolute atomic E-state index is 12.6. The van der Waals surface area contributed by atoms with Gasteiger partial charge in [-0.05, 0) is 43.8 Å². The van der Waals surface area contributed by atoms with Crippen LogP contribution in [0.25, 0.3) is 0 Å². The van der Waals surface area contributed by atoms with Crippen molar-refractivity contribution in [2.24, 2.45) is 7.05 Å². The highest BCUT2D eigenvalue weighted by Crippen LogP contribution is 2.34. The zero-order valence-corrected chi connectivity index (χ0v) is 15.9. The van der Waals surface area contributed by atoms with Crippen LogP contribution in [-0.2, 0) is 7.05 Å². The minimum Gasteiger partial charge on any atom is -0.454 e. The van der Waals surface area contributed by atoms with Crippen molar-refractivity contribution >= 4 is 5.91 Å². The normalized spacial score (nSPS) is 14.1. The Hall–Kier alpha value is -2.54. The number of fused-ring (bicyclic) bond motifs is 1. The molecule has 1 N–H and O–H groups in total. The lowest BCUT2D eigenvalue weighted by Gasteiger charge is -2.25. The molecule has 7 nitrogen and oxygen atoms in total. The second-order valence-electron chi connectivity index (χ2n) is 7.03. The van der Waals surface area contributed by atoms with Crippen LogP contribution in [0.1, 0.15) is 47.6 Å². The van der Waals surface area contributed by atoms with Gasteiger partial charge in [0.15, 0.2) is 11.5 Å². The van der Waals surface area contributed by atoms with Crippen molar-refractivity contribution in [3.63, 3.8) is 0 Å². The standard InChI is InChI=1S/C19H26N4O3/c1-12(2)14-9-15(23(5)21-14)19(24)20-10-16(22(3)4)13-6-7-17-18(8-13)26-11-25-17/h6-9,12,16H,10-11H2,1-5H3,(H,20,24). The van der Waals surface area contributed by atoms with Crippen LogP contribution in [0.2, 0.25) is 0 Å². The van der Waals surface area contributed by atoms with Crippen LogP contribution in [0, 0.1) is 0 Å². The molecule has 0 bridgehead atoms. The minimum absolute atomic E-state index is 0.0197. The third-order valence-corrected chi connectivity index (χ3v) is 4.58. The third-order valence-electron chi connectivity index (χ3n) is 4.58. The summed E-state index contributed by atoms with van der Waals surface area (Å²) >= 11 is 0. The first kappa shape index (κ1) is 18.3. The van der Waals surface area contributed by atoms with Gasteiger partial charge in [0.05, 0.1) is 11.7 Å². The minimum atomic E-state index is -0.125. The molecule has 0 saturated carbocycles. The second-order valence-corrected chi connectivity index (χ2v) is 7.03. The molecule has 0 saturated heterocycles. The van der Waals surface area contributed by atoms with Crippen LogP contribution in [-0.4, -0.2) is 48.0 Å². The summed E-state index contributed by atoms with van der Waals surface area (Å²) in [4.78, 5) is 14.7. The fourth-order valence-electron chi connectivity index (χ4n) is 2.98. The molecule has 140 valence electrons. The molecule has 0 radical (unpaired) electrons. The fourth-order valence-corrected chi connectivity index (χ4v) is 2.98. The molecular formula is C19H26N4O3. The number of carbonyl (C=O) groups is 1. The van der Waals surface area contributed by atoms with Gasteiger partial charge in [0, 0.05) is 13.6 Å². The van der Waals surface area contributed by atoms with E-state index in [-0.39, 0.29) is 24.7 Å². The first-order valence-electron chi connectivity index (χ1n) is 8.75. The Morgan fingerprint density at radius 3 is 2.65 bits per heavy atom. The van der Waals surface area contributed by atoms with Gasteiger partial charge in [-0.2, -0.15) is 5.10 Å². The summed E-state index contributed by atoms with van der Waals surface area (Å²) in [6, 6.07) is 7.76. The highest BCUT2D eigenvalue weighted by Gasteiger charge is 2.21. The van der Waals surface area contributed by atoms with E-state index in [0.29, 0.717) is 12.2 Å². The topological polar surface area (TPSA) is 68.6 Å². The van der Waals surface area contributed by atoms with Crippen LogP contribution in [0.4, 0.5) is 0 Å². The van der Waals surface area contributed by atoms with Gasteiger partial charge in [0.2, 0.25) is 6.79 Å². The number of hydrogen-bond acceptors (Lipinski definition) is 5. The zero-order valence-electron chi connectivity index (χ0n) is 15.9. The number of carbonyl (C=O) groups excluding carboxylic acids is 1. The molecule has 1 aliphatic heterocycles. The van der Waals surface area contributed by atoms with E-state index in [9.17, 15) is 4.79 Å². The second kappa shape index (κ2) is 7.37. The predicted octanol–water partition coefficient (Wildman–Crippen LogP) is 2.30. The summed E-state index contributed by atoms with van der Waals surface area (Å²) in [5, 5.41) is 7.43. The summed E-state index contributed by atoms with van der Waals surface area (Å²) in [7, 11) is 5.77. The summed E-state index contributed by atoms with van der Waals surface area (Å²) in [5.41, 5.74) is 2.54.